The van der Waals surface area contributed by atoms with E-state index in [0.717, 1.165) is 19.7 Å². The van der Waals surface area contributed by atoms with Crippen LogP contribution < -0.4 is 5.32 Å². The van der Waals surface area contributed by atoms with Gasteiger partial charge in [-0.05, 0) is 24.1 Å². The lowest BCUT2D eigenvalue weighted by Crippen LogP contribution is -2.39. The lowest BCUT2D eigenvalue weighted by molar-refractivity contribution is -0.0520. The van der Waals surface area contributed by atoms with Crippen molar-refractivity contribution in [2.45, 2.75) is 25.0 Å². The van der Waals surface area contributed by atoms with Crippen LogP contribution in [-0.4, -0.2) is 18.7 Å². The van der Waals surface area contributed by atoms with Gasteiger partial charge in [0.15, 0.2) is 0 Å². The van der Waals surface area contributed by atoms with E-state index in [1.807, 2.05) is 0 Å². The second-order valence-corrected chi connectivity index (χ2v) is 5.45. The Bertz CT molecular complexity index is 412. The summed E-state index contributed by atoms with van der Waals surface area (Å²) in [4.78, 5) is 0. The summed E-state index contributed by atoms with van der Waals surface area (Å²) in [5, 5.41) is 3.42. The number of rotatable bonds is 0. The number of hydrogen-bond donors (Lipinski definition) is 1. The minimum absolute atomic E-state index is 0. The van der Waals surface area contributed by atoms with E-state index in [1.54, 1.807) is 0 Å². The van der Waals surface area contributed by atoms with Gasteiger partial charge in [-0.25, -0.2) is 0 Å². The van der Waals surface area contributed by atoms with E-state index in [-0.39, 0.29) is 18.0 Å². The number of benzene rings is 1. The molecular formula is C12H15BrClNO. The van der Waals surface area contributed by atoms with Crippen LogP contribution in [0.1, 0.15) is 24.0 Å². The van der Waals surface area contributed by atoms with E-state index in [2.05, 4.69) is 46.4 Å². The quantitative estimate of drug-likeness (QED) is 0.796. The van der Waals surface area contributed by atoms with Gasteiger partial charge in [0.25, 0.3) is 0 Å². The zero-order valence-corrected chi connectivity index (χ0v) is 11.5. The van der Waals surface area contributed by atoms with Crippen LogP contribution in [0.3, 0.4) is 0 Å². The van der Waals surface area contributed by atoms with Crippen LogP contribution in [0, 0.1) is 0 Å². The van der Waals surface area contributed by atoms with Crippen molar-refractivity contribution in [1.82, 2.24) is 5.32 Å². The third kappa shape index (κ3) is 1.70. The molecule has 0 aromatic heterocycles. The van der Waals surface area contributed by atoms with Gasteiger partial charge in [0.05, 0.1) is 12.2 Å². The van der Waals surface area contributed by atoms with Gasteiger partial charge >= 0.3 is 0 Å². The Balaban J connectivity index is 0.000000963. The molecule has 2 heterocycles. The number of halogens is 2. The summed E-state index contributed by atoms with van der Waals surface area (Å²) in [5.74, 6) is 0.499. The van der Waals surface area contributed by atoms with Crippen LogP contribution in [0.15, 0.2) is 22.7 Å². The molecule has 0 radical (unpaired) electrons. The minimum Gasteiger partial charge on any atom is -0.369 e. The molecule has 0 unspecified atom stereocenters. The normalized spacial score (nSPS) is 31.5. The van der Waals surface area contributed by atoms with Crippen LogP contribution in [0.2, 0.25) is 0 Å². The highest BCUT2D eigenvalue weighted by Gasteiger charge is 2.44. The first kappa shape index (κ1) is 12.4. The first-order valence-corrected chi connectivity index (χ1v) is 6.12. The summed E-state index contributed by atoms with van der Waals surface area (Å²) >= 11 is 3.60. The zero-order chi connectivity index (χ0) is 10.5. The highest BCUT2D eigenvalue weighted by Crippen LogP contribution is 2.42. The first-order chi connectivity index (χ1) is 7.21. The average Bonchev–Trinajstić information content (AvgIpc) is 2.60. The maximum absolute atomic E-state index is 6.00. The van der Waals surface area contributed by atoms with Crippen LogP contribution in [0.5, 0.6) is 0 Å². The number of hydrogen-bond acceptors (Lipinski definition) is 2. The van der Waals surface area contributed by atoms with Gasteiger partial charge in [-0.15, -0.1) is 12.4 Å². The van der Waals surface area contributed by atoms with E-state index in [1.165, 1.54) is 15.6 Å². The molecular weight excluding hydrogens is 289 g/mol. The van der Waals surface area contributed by atoms with Gasteiger partial charge in [-0.2, -0.15) is 0 Å². The zero-order valence-electron chi connectivity index (χ0n) is 9.13. The fourth-order valence-electron chi connectivity index (χ4n) is 2.69. The Morgan fingerprint density at radius 1 is 1.50 bits per heavy atom. The summed E-state index contributed by atoms with van der Waals surface area (Å²) < 4.78 is 7.18. The van der Waals surface area contributed by atoms with Gasteiger partial charge in [-0.1, -0.05) is 28.1 Å². The van der Waals surface area contributed by atoms with E-state index in [9.17, 15) is 0 Å². The standard InChI is InChI=1S/C12H14BrNO.ClH/c1-12-7-14-5-10(12)8-3-2-4-11(13)9(8)6-15-12;/h2-4,10,14H,5-7H2,1H3;1H/t10-,12-;/m0./s1. The molecule has 3 rings (SSSR count). The second-order valence-electron chi connectivity index (χ2n) is 4.59. The van der Waals surface area contributed by atoms with Crippen LogP contribution in [-0.2, 0) is 11.3 Å². The predicted octanol–water partition coefficient (Wildman–Crippen LogP) is 2.85. The molecule has 1 saturated heterocycles. The third-order valence-corrected chi connectivity index (χ3v) is 4.38. The monoisotopic (exact) mass is 303 g/mol. The molecule has 2 nitrogen and oxygen atoms in total. The molecule has 16 heavy (non-hydrogen) atoms. The molecule has 1 N–H and O–H groups in total. The molecule has 0 spiro atoms. The molecule has 4 heteroatoms. The smallest absolute Gasteiger partial charge is 0.0863 e. The molecule has 2 aliphatic heterocycles. The Labute approximate surface area is 110 Å². The third-order valence-electron chi connectivity index (χ3n) is 3.64. The van der Waals surface area contributed by atoms with Gasteiger partial charge in [0, 0.05) is 23.5 Å². The van der Waals surface area contributed by atoms with Gasteiger partial charge < -0.3 is 10.1 Å². The van der Waals surface area contributed by atoms with Crippen molar-refractivity contribution in [2.75, 3.05) is 13.1 Å². The largest absolute Gasteiger partial charge is 0.369 e. The molecule has 0 amide bonds. The summed E-state index contributed by atoms with van der Waals surface area (Å²) in [5.41, 5.74) is 2.76. The van der Waals surface area contributed by atoms with Crippen molar-refractivity contribution in [3.05, 3.63) is 33.8 Å². The lowest BCUT2D eigenvalue weighted by Gasteiger charge is -2.37. The van der Waals surface area contributed by atoms with Crippen molar-refractivity contribution in [3.63, 3.8) is 0 Å². The van der Waals surface area contributed by atoms with Crippen molar-refractivity contribution < 1.29 is 4.74 Å². The highest BCUT2D eigenvalue weighted by molar-refractivity contribution is 9.10. The lowest BCUT2D eigenvalue weighted by atomic mass is 9.82. The fourth-order valence-corrected chi connectivity index (χ4v) is 3.18. The van der Waals surface area contributed by atoms with E-state index in [0.29, 0.717) is 5.92 Å². The SMILES string of the molecule is C[C@]12CNC[C@H]1c1cccc(Br)c1CO2.Cl. The first-order valence-electron chi connectivity index (χ1n) is 5.33. The molecule has 0 aliphatic carbocycles. The van der Waals surface area contributed by atoms with E-state index in [4.69, 9.17) is 4.74 Å². The molecule has 1 fully saturated rings. The second kappa shape index (κ2) is 4.30. The van der Waals surface area contributed by atoms with E-state index >= 15 is 0 Å². The Kier molecular flexibility index (Phi) is 3.32. The molecule has 0 saturated carbocycles. The Morgan fingerprint density at radius 2 is 2.31 bits per heavy atom. The predicted molar refractivity (Wildman–Crippen MR) is 70.2 cm³/mol. The molecule has 2 atom stereocenters. The Morgan fingerprint density at radius 3 is 3.12 bits per heavy atom. The van der Waals surface area contributed by atoms with Crippen molar-refractivity contribution in [3.8, 4) is 0 Å². The maximum Gasteiger partial charge on any atom is 0.0863 e. The van der Waals surface area contributed by atoms with Crippen LogP contribution in [0.25, 0.3) is 0 Å². The topological polar surface area (TPSA) is 21.3 Å². The average molecular weight is 305 g/mol. The Hall–Kier alpha value is -0.0900. The molecule has 1 aromatic rings. The fraction of sp³-hybridized carbons (Fsp3) is 0.500. The van der Waals surface area contributed by atoms with Gasteiger partial charge in [-0.3, -0.25) is 0 Å². The van der Waals surface area contributed by atoms with Crippen molar-refractivity contribution >= 4 is 28.3 Å². The van der Waals surface area contributed by atoms with Gasteiger partial charge in [0.1, 0.15) is 0 Å². The highest BCUT2D eigenvalue weighted by atomic mass is 79.9. The minimum atomic E-state index is -0.00616. The number of ether oxygens (including phenoxy) is 1. The molecule has 2 aliphatic rings. The van der Waals surface area contributed by atoms with Crippen molar-refractivity contribution in [2.24, 2.45) is 0 Å². The van der Waals surface area contributed by atoms with Crippen molar-refractivity contribution in [1.29, 1.82) is 0 Å². The molecule has 1 aromatic carbocycles. The van der Waals surface area contributed by atoms with E-state index < -0.39 is 0 Å². The van der Waals surface area contributed by atoms with Crippen LogP contribution >= 0.6 is 28.3 Å². The summed E-state index contributed by atoms with van der Waals surface area (Å²) in [6, 6.07) is 6.44. The number of nitrogens with one attached hydrogen (secondary N) is 1. The van der Waals surface area contributed by atoms with Gasteiger partial charge in [0.2, 0.25) is 0 Å². The van der Waals surface area contributed by atoms with Crippen LogP contribution in [0.4, 0.5) is 0 Å². The summed E-state index contributed by atoms with van der Waals surface area (Å²) in [6.07, 6.45) is 0. The summed E-state index contributed by atoms with van der Waals surface area (Å²) in [6.45, 7) is 4.93. The maximum atomic E-state index is 6.00. The molecule has 88 valence electrons. The summed E-state index contributed by atoms with van der Waals surface area (Å²) in [7, 11) is 0. The number of fused-ring (bicyclic) bond motifs is 3. The molecule has 0 bridgehead atoms.